The van der Waals surface area contributed by atoms with Crippen molar-refractivity contribution in [3.05, 3.63) is 90.0 Å². The second-order valence-corrected chi connectivity index (χ2v) is 10.2. The molecule has 2 aliphatic rings. The maximum atomic E-state index is 13.8. The topological polar surface area (TPSA) is 99.3 Å². The fraction of sp³-hybridized carbons (Fsp3) is 0.258. The molecule has 3 aromatic carbocycles. The molecule has 0 saturated carbocycles. The molecular formula is C31H30N4O5S. The van der Waals surface area contributed by atoms with Crippen LogP contribution in [-0.4, -0.2) is 52.9 Å². The quantitative estimate of drug-likeness (QED) is 0.298. The maximum absolute atomic E-state index is 13.8. The molecule has 0 spiro atoms. The Bertz CT molecular complexity index is 1460. The van der Waals surface area contributed by atoms with Crippen molar-refractivity contribution in [3.63, 3.8) is 0 Å². The summed E-state index contributed by atoms with van der Waals surface area (Å²) in [4.78, 5) is 56.0. The number of para-hydroxylation sites is 1. The number of nitrogens with zero attached hydrogens (tertiary/aromatic N) is 3. The Kier molecular flexibility index (Phi) is 8.39. The minimum Gasteiger partial charge on any atom is -0.462 e. The van der Waals surface area contributed by atoms with Gasteiger partial charge in [0.2, 0.25) is 11.8 Å². The molecule has 2 heterocycles. The third-order valence-electron chi connectivity index (χ3n) is 7.07. The fourth-order valence-electron chi connectivity index (χ4n) is 5.02. The third kappa shape index (κ3) is 6.12. The number of thiocarbonyl (C=S) groups is 1. The largest absolute Gasteiger partial charge is 0.462 e. The highest BCUT2D eigenvalue weighted by Crippen LogP contribution is 2.30. The number of rotatable bonds is 9. The van der Waals surface area contributed by atoms with Gasteiger partial charge in [0.15, 0.2) is 5.11 Å². The lowest BCUT2D eigenvalue weighted by Gasteiger charge is -2.24. The van der Waals surface area contributed by atoms with Crippen molar-refractivity contribution in [2.75, 3.05) is 28.3 Å². The van der Waals surface area contributed by atoms with Crippen LogP contribution in [0.25, 0.3) is 0 Å². The first-order chi connectivity index (χ1) is 19.9. The van der Waals surface area contributed by atoms with E-state index in [4.69, 9.17) is 17.0 Å². The smallest absolute Gasteiger partial charge is 0.338 e. The summed E-state index contributed by atoms with van der Waals surface area (Å²) in [5.74, 6) is -0.991. The lowest BCUT2D eigenvalue weighted by Crippen LogP contribution is -2.37. The Hall–Kier alpha value is -4.57. The number of esters is 1. The van der Waals surface area contributed by atoms with Gasteiger partial charge in [0.1, 0.15) is 6.04 Å². The van der Waals surface area contributed by atoms with E-state index in [0.717, 1.165) is 17.7 Å². The summed E-state index contributed by atoms with van der Waals surface area (Å²) >= 11 is 5.79. The molecular weight excluding hydrogens is 540 g/mol. The predicted molar refractivity (Wildman–Crippen MR) is 160 cm³/mol. The number of carbonyl (C=O) groups excluding carboxylic acids is 4. The standard InChI is InChI=1S/C31H30N4O5S/c1-2-40-30(39)22-12-16-25(17-13-22)35-29(38)26(19-27(36)32-23-7-4-3-5-8-23)34(31(35)41)20-21-10-14-24(15-11-21)33-18-6-9-28(33)37/h3-5,7-8,10-17,26H,2,6,9,18-20H2,1H3,(H,32,36)/t26-/m1/s1. The normalized spacial score (nSPS) is 16.9. The molecule has 10 heteroatoms. The van der Waals surface area contributed by atoms with Gasteiger partial charge in [0.25, 0.3) is 5.91 Å². The number of anilines is 3. The van der Waals surface area contributed by atoms with Gasteiger partial charge in [-0.2, -0.15) is 0 Å². The highest BCUT2D eigenvalue weighted by atomic mass is 32.1. The minimum absolute atomic E-state index is 0.106. The van der Waals surface area contributed by atoms with Crippen molar-refractivity contribution < 1.29 is 23.9 Å². The summed E-state index contributed by atoms with van der Waals surface area (Å²) in [6.07, 6.45) is 1.29. The zero-order valence-electron chi connectivity index (χ0n) is 22.6. The second-order valence-electron chi connectivity index (χ2n) is 9.80. The Balaban J connectivity index is 1.39. The molecule has 41 heavy (non-hydrogen) atoms. The molecule has 0 radical (unpaired) electrons. The van der Waals surface area contributed by atoms with Gasteiger partial charge in [0.05, 0.1) is 24.3 Å². The van der Waals surface area contributed by atoms with E-state index in [9.17, 15) is 19.2 Å². The molecule has 2 aliphatic heterocycles. The van der Waals surface area contributed by atoms with E-state index < -0.39 is 12.0 Å². The van der Waals surface area contributed by atoms with Crippen molar-refractivity contribution in [1.82, 2.24) is 4.90 Å². The zero-order chi connectivity index (χ0) is 28.9. The number of benzene rings is 3. The summed E-state index contributed by atoms with van der Waals surface area (Å²) in [7, 11) is 0. The van der Waals surface area contributed by atoms with E-state index in [-0.39, 0.29) is 35.9 Å². The second kappa shape index (κ2) is 12.3. The number of ether oxygens (including phenoxy) is 1. The van der Waals surface area contributed by atoms with Crippen LogP contribution in [0.4, 0.5) is 17.1 Å². The first-order valence-electron chi connectivity index (χ1n) is 13.5. The molecule has 0 unspecified atom stereocenters. The molecule has 0 aromatic heterocycles. The van der Waals surface area contributed by atoms with E-state index in [2.05, 4.69) is 5.32 Å². The van der Waals surface area contributed by atoms with Crippen LogP contribution < -0.4 is 15.1 Å². The van der Waals surface area contributed by atoms with Crippen LogP contribution in [0, 0.1) is 0 Å². The highest BCUT2D eigenvalue weighted by molar-refractivity contribution is 7.80. The third-order valence-corrected chi connectivity index (χ3v) is 7.48. The molecule has 2 saturated heterocycles. The predicted octanol–water partition coefficient (Wildman–Crippen LogP) is 4.52. The van der Waals surface area contributed by atoms with E-state index in [1.807, 2.05) is 42.5 Å². The van der Waals surface area contributed by atoms with Gasteiger partial charge in [-0.15, -0.1) is 0 Å². The molecule has 0 aliphatic carbocycles. The molecule has 0 bridgehead atoms. The molecule has 3 aromatic rings. The van der Waals surface area contributed by atoms with Crippen LogP contribution in [0.1, 0.15) is 42.1 Å². The first-order valence-corrected chi connectivity index (χ1v) is 13.9. The summed E-state index contributed by atoms with van der Waals surface area (Å²) in [5.41, 5.74) is 3.20. The minimum atomic E-state index is -0.837. The van der Waals surface area contributed by atoms with E-state index >= 15 is 0 Å². The van der Waals surface area contributed by atoms with Crippen LogP contribution in [0.5, 0.6) is 0 Å². The van der Waals surface area contributed by atoms with Crippen LogP contribution in [0.15, 0.2) is 78.9 Å². The molecule has 1 N–H and O–H groups in total. The van der Waals surface area contributed by atoms with Gasteiger partial charge < -0.3 is 19.9 Å². The van der Waals surface area contributed by atoms with Gasteiger partial charge in [-0.05, 0) is 79.7 Å². The average molecular weight is 571 g/mol. The highest BCUT2D eigenvalue weighted by Gasteiger charge is 2.44. The van der Waals surface area contributed by atoms with Gasteiger partial charge in [0, 0.05) is 30.9 Å². The van der Waals surface area contributed by atoms with Crippen LogP contribution >= 0.6 is 12.2 Å². The van der Waals surface area contributed by atoms with Crippen molar-refractivity contribution in [2.24, 2.45) is 0 Å². The molecule has 210 valence electrons. The summed E-state index contributed by atoms with van der Waals surface area (Å²) in [5, 5.41) is 3.11. The fourth-order valence-corrected chi connectivity index (χ4v) is 5.41. The average Bonchev–Trinajstić information content (AvgIpc) is 3.50. The Morgan fingerprint density at radius 3 is 2.27 bits per heavy atom. The SMILES string of the molecule is CCOC(=O)c1ccc(N2C(=O)[C@@H](CC(=O)Nc3ccccc3)N(Cc3ccc(N4CCCC4=O)cc3)C2=S)cc1. The Morgan fingerprint density at radius 1 is 0.951 bits per heavy atom. The number of carbonyl (C=O) groups is 4. The Morgan fingerprint density at radius 2 is 1.63 bits per heavy atom. The van der Waals surface area contributed by atoms with Crippen molar-refractivity contribution >= 4 is 58.1 Å². The molecule has 9 nitrogen and oxygen atoms in total. The van der Waals surface area contributed by atoms with Crippen molar-refractivity contribution in [3.8, 4) is 0 Å². The summed E-state index contributed by atoms with van der Waals surface area (Å²) in [6, 6.07) is 22.3. The van der Waals surface area contributed by atoms with Gasteiger partial charge in [-0.1, -0.05) is 30.3 Å². The lowest BCUT2D eigenvalue weighted by atomic mass is 10.1. The number of hydrogen-bond donors (Lipinski definition) is 1. The van der Waals surface area contributed by atoms with E-state index in [1.54, 1.807) is 53.1 Å². The van der Waals surface area contributed by atoms with Gasteiger partial charge in [-0.25, -0.2) is 4.79 Å². The summed E-state index contributed by atoms with van der Waals surface area (Å²) in [6.45, 7) is 2.98. The number of hydrogen-bond acceptors (Lipinski definition) is 6. The van der Waals surface area contributed by atoms with Crippen LogP contribution in [0.2, 0.25) is 0 Å². The van der Waals surface area contributed by atoms with Gasteiger partial charge >= 0.3 is 5.97 Å². The Labute approximate surface area is 243 Å². The maximum Gasteiger partial charge on any atom is 0.338 e. The molecule has 2 fully saturated rings. The molecule has 1 atom stereocenters. The lowest BCUT2D eigenvalue weighted by molar-refractivity contribution is -0.124. The van der Waals surface area contributed by atoms with Gasteiger partial charge in [-0.3, -0.25) is 19.3 Å². The monoisotopic (exact) mass is 570 g/mol. The number of nitrogens with one attached hydrogen (secondary N) is 1. The summed E-state index contributed by atoms with van der Waals surface area (Å²) < 4.78 is 5.06. The first kappa shape index (κ1) is 28.0. The van der Waals surface area contributed by atoms with Crippen LogP contribution in [0.3, 0.4) is 0 Å². The molecule has 5 rings (SSSR count). The zero-order valence-corrected chi connectivity index (χ0v) is 23.4. The van der Waals surface area contributed by atoms with Crippen LogP contribution in [-0.2, 0) is 25.7 Å². The van der Waals surface area contributed by atoms with Crippen molar-refractivity contribution in [2.45, 2.75) is 38.8 Å². The molecule has 3 amide bonds. The number of amides is 3. The van der Waals surface area contributed by atoms with E-state index in [1.165, 1.54) is 4.90 Å². The van der Waals surface area contributed by atoms with Crippen molar-refractivity contribution in [1.29, 1.82) is 0 Å². The van der Waals surface area contributed by atoms with E-state index in [0.29, 0.717) is 36.4 Å².